The highest BCUT2D eigenvalue weighted by Gasteiger charge is 2.00. The second-order valence-electron chi connectivity index (χ2n) is 2.99. The van der Waals surface area contributed by atoms with Crippen molar-refractivity contribution in [2.24, 2.45) is 0 Å². The van der Waals surface area contributed by atoms with Crippen LogP contribution in [0.25, 0.3) is 0 Å². The van der Waals surface area contributed by atoms with Crippen LogP contribution in [0.3, 0.4) is 0 Å². The lowest BCUT2D eigenvalue weighted by molar-refractivity contribution is -0.143. The van der Waals surface area contributed by atoms with Crippen molar-refractivity contribution < 1.29 is 19.1 Å². The molecule has 0 spiro atoms. The summed E-state index contributed by atoms with van der Waals surface area (Å²) in [6.07, 6.45) is 6.96. The van der Waals surface area contributed by atoms with Crippen molar-refractivity contribution in [3.63, 3.8) is 0 Å². The van der Waals surface area contributed by atoms with E-state index >= 15 is 0 Å². The number of esters is 1. The third-order valence-corrected chi connectivity index (χ3v) is 1.74. The third-order valence-electron chi connectivity index (χ3n) is 1.74. The Morgan fingerprint density at radius 1 is 1.47 bits per heavy atom. The molecule has 1 aromatic heterocycles. The molecule has 0 aliphatic carbocycles. The molecule has 88 valence electrons. The van der Waals surface area contributed by atoms with E-state index in [9.17, 15) is 9.59 Å². The highest BCUT2D eigenvalue weighted by Crippen LogP contribution is 2.07. The molecule has 0 saturated heterocycles. The number of hydrogen-bond donors (Lipinski definition) is 0. The van der Waals surface area contributed by atoms with E-state index in [-0.39, 0.29) is 19.6 Å². The molecule has 5 nitrogen and oxygen atoms in total. The van der Waals surface area contributed by atoms with Gasteiger partial charge in [0.05, 0.1) is 6.20 Å². The van der Waals surface area contributed by atoms with Crippen molar-refractivity contribution in [3.8, 4) is 18.1 Å². The second-order valence-corrected chi connectivity index (χ2v) is 2.99. The summed E-state index contributed by atoms with van der Waals surface area (Å²) < 4.78 is 9.99. The maximum atomic E-state index is 10.9. The van der Waals surface area contributed by atoms with Crippen LogP contribution in [-0.4, -0.2) is 30.5 Å². The fourth-order valence-corrected chi connectivity index (χ4v) is 0.996. The zero-order chi connectivity index (χ0) is 12.5. The van der Waals surface area contributed by atoms with Crippen LogP contribution in [0, 0.1) is 12.3 Å². The Balaban J connectivity index is 2.24. The molecule has 17 heavy (non-hydrogen) atoms. The van der Waals surface area contributed by atoms with Crippen LogP contribution in [-0.2, 0) is 9.53 Å². The first-order valence-electron chi connectivity index (χ1n) is 4.89. The van der Waals surface area contributed by atoms with Crippen molar-refractivity contribution in [1.82, 2.24) is 4.98 Å². The second kappa shape index (κ2) is 7.01. The van der Waals surface area contributed by atoms with E-state index in [1.54, 1.807) is 6.07 Å². The van der Waals surface area contributed by atoms with Crippen molar-refractivity contribution in [1.29, 1.82) is 0 Å². The van der Waals surface area contributed by atoms with E-state index in [1.807, 2.05) is 0 Å². The Labute approximate surface area is 98.8 Å². The van der Waals surface area contributed by atoms with Gasteiger partial charge in [-0.3, -0.25) is 9.59 Å². The van der Waals surface area contributed by atoms with Crippen molar-refractivity contribution in [3.05, 3.63) is 24.0 Å². The molecule has 0 aliphatic rings. The van der Waals surface area contributed by atoms with E-state index in [0.29, 0.717) is 17.7 Å². The lowest BCUT2D eigenvalue weighted by Gasteiger charge is -2.06. The highest BCUT2D eigenvalue weighted by atomic mass is 16.6. The van der Waals surface area contributed by atoms with Crippen LogP contribution in [0.2, 0.25) is 0 Å². The predicted molar refractivity (Wildman–Crippen MR) is 59.5 cm³/mol. The molecular weight excluding hydrogens is 222 g/mol. The van der Waals surface area contributed by atoms with Crippen LogP contribution in [0.1, 0.15) is 16.9 Å². The SMILES string of the molecule is C#CCC(=O)OCCOc1ccc(C=O)nc1. The molecule has 1 heterocycles. The van der Waals surface area contributed by atoms with Gasteiger partial charge in [-0.1, -0.05) is 5.92 Å². The van der Waals surface area contributed by atoms with Crippen LogP contribution in [0.15, 0.2) is 18.3 Å². The van der Waals surface area contributed by atoms with Gasteiger partial charge in [-0.05, 0) is 12.1 Å². The molecular formula is C12H11NO4. The van der Waals surface area contributed by atoms with Gasteiger partial charge in [-0.15, -0.1) is 6.42 Å². The number of carbonyl (C=O) groups excluding carboxylic acids is 2. The fourth-order valence-electron chi connectivity index (χ4n) is 0.996. The number of nitrogens with zero attached hydrogens (tertiary/aromatic N) is 1. The summed E-state index contributed by atoms with van der Waals surface area (Å²) >= 11 is 0. The minimum atomic E-state index is -0.453. The van der Waals surface area contributed by atoms with E-state index in [0.717, 1.165) is 0 Å². The van der Waals surface area contributed by atoms with E-state index < -0.39 is 5.97 Å². The Morgan fingerprint density at radius 3 is 2.88 bits per heavy atom. The number of carbonyl (C=O) groups is 2. The Bertz CT molecular complexity index is 419. The summed E-state index contributed by atoms with van der Waals surface area (Å²) in [5.41, 5.74) is 0.331. The van der Waals surface area contributed by atoms with Gasteiger partial charge in [0.2, 0.25) is 0 Å². The average molecular weight is 233 g/mol. The lowest BCUT2D eigenvalue weighted by atomic mass is 10.4. The van der Waals surface area contributed by atoms with Crippen molar-refractivity contribution in [2.45, 2.75) is 6.42 Å². The van der Waals surface area contributed by atoms with Gasteiger partial charge in [0.25, 0.3) is 0 Å². The Hall–Kier alpha value is -2.35. The van der Waals surface area contributed by atoms with E-state index in [2.05, 4.69) is 10.9 Å². The highest BCUT2D eigenvalue weighted by molar-refractivity contribution is 5.72. The molecule has 0 aliphatic heterocycles. The zero-order valence-electron chi connectivity index (χ0n) is 9.09. The minimum Gasteiger partial charge on any atom is -0.488 e. The van der Waals surface area contributed by atoms with Gasteiger partial charge in [0.1, 0.15) is 31.1 Å². The first-order valence-corrected chi connectivity index (χ1v) is 4.89. The molecule has 0 radical (unpaired) electrons. The number of ether oxygens (including phenoxy) is 2. The molecule has 0 N–H and O–H groups in total. The number of pyridine rings is 1. The third kappa shape index (κ3) is 4.80. The van der Waals surface area contributed by atoms with Crippen LogP contribution in [0.4, 0.5) is 0 Å². The molecule has 1 rings (SSSR count). The number of rotatable bonds is 6. The molecule has 0 fully saturated rings. The van der Waals surface area contributed by atoms with Crippen LogP contribution in [0.5, 0.6) is 5.75 Å². The quantitative estimate of drug-likeness (QED) is 0.315. The molecule has 0 bridgehead atoms. The maximum absolute atomic E-state index is 10.9. The predicted octanol–water partition coefficient (Wildman–Crippen LogP) is 0.839. The van der Waals surface area contributed by atoms with Gasteiger partial charge in [0, 0.05) is 0 Å². The van der Waals surface area contributed by atoms with Gasteiger partial charge in [0.15, 0.2) is 6.29 Å². The summed E-state index contributed by atoms with van der Waals surface area (Å²) in [5.74, 6) is 2.23. The standard InChI is InChI=1S/C12H11NO4/c1-2-3-12(15)17-7-6-16-11-5-4-10(9-14)13-8-11/h1,4-5,8-9H,3,6-7H2. The van der Waals surface area contributed by atoms with Crippen LogP contribution >= 0.6 is 0 Å². The molecule has 0 aromatic carbocycles. The summed E-state index contributed by atoms with van der Waals surface area (Å²) in [7, 11) is 0. The van der Waals surface area contributed by atoms with Crippen molar-refractivity contribution >= 4 is 12.3 Å². The molecule has 0 saturated carbocycles. The van der Waals surface area contributed by atoms with Gasteiger partial charge >= 0.3 is 5.97 Å². The maximum Gasteiger partial charge on any atom is 0.318 e. The first kappa shape index (κ1) is 12.7. The smallest absolute Gasteiger partial charge is 0.318 e. The summed E-state index contributed by atoms with van der Waals surface area (Å²) in [5, 5.41) is 0. The summed E-state index contributed by atoms with van der Waals surface area (Å²) in [4.78, 5) is 25.0. The molecule has 0 atom stereocenters. The van der Waals surface area contributed by atoms with E-state index in [1.165, 1.54) is 12.3 Å². The fraction of sp³-hybridized carbons (Fsp3) is 0.250. The Morgan fingerprint density at radius 2 is 2.29 bits per heavy atom. The van der Waals surface area contributed by atoms with Crippen LogP contribution < -0.4 is 4.74 Å². The lowest BCUT2D eigenvalue weighted by Crippen LogP contribution is -2.11. The number of aldehydes is 1. The average Bonchev–Trinajstić information content (AvgIpc) is 2.36. The number of terminal acetylenes is 1. The molecule has 1 aromatic rings. The largest absolute Gasteiger partial charge is 0.488 e. The molecule has 5 heteroatoms. The summed E-state index contributed by atoms with van der Waals surface area (Å²) in [6.45, 7) is 0.328. The van der Waals surface area contributed by atoms with Gasteiger partial charge in [-0.2, -0.15) is 0 Å². The number of hydrogen-bond acceptors (Lipinski definition) is 5. The normalized spacial score (nSPS) is 9.12. The Kier molecular flexibility index (Phi) is 5.25. The van der Waals surface area contributed by atoms with E-state index in [4.69, 9.17) is 15.9 Å². The number of aromatic nitrogens is 1. The molecule has 0 unspecified atom stereocenters. The van der Waals surface area contributed by atoms with Gasteiger partial charge in [-0.25, -0.2) is 4.98 Å². The molecule has 0 amide bonds. The van der Waals surface area contributed by atoms with Gasteiger partial charge < -0.3 is 9.47 Å². The van der Waals surface area contributed by atoms with Crippen molar-refractivity contribution in [2.75, 3.05) is 13.2 Å². The summed E-state index contributed by atoms with van der Waals surface area (Å²) in [6, 6.07) is 3.15. The minimum absolute atomic E-state index is 0.0460. The first-order chi connectivity index (χ1) is 8.26. The zero-order valence-corrected chi connectivity index (χ0v) is 9.09. The topological polar surface area (TPSA) is 65.5 Å². The monoisotopic (exact) mass is 233 g/mol.